The van der Waals surface area contributed by atoms with Crippen LogP contribution in [0.15, 0.2) is 0 Å². The molecule has 0 spiro atoms. The summed E-state index contributed by atoms with van der Waals surface area (Å²) in [4.78, 5) is 22.8. The maximum atomic E-state index is 11.7. The molecule has 2 fully saturated rings. The van der Waals surface area contributed by atoms with Crippen molar-refractivity contribution < 1.29 is 14.7 Å². The lowest BCUT2D eigenvalue weighted by atomic mass is 9.97. The van der Waals surface area contributed by atoms with Crippen LogP contribution in [0.2, 0.25) is 0 Å². The van der Waals surface area contributed by atoms with Crippen LogP contribution in [0.3, 0.4) is 0 Å². The lowest BCUT2D eigenvalue weighted by Gasteiger charge is -2.26. The molecule has 2 saturated carbocycles. The summed E-state index contributed by atoms with van der Waals surface area (Å²) in [6, 6.07) is 0. The number of hydrogen-bond acceptors (Lipinski definition) is 3. The van der Waals surface area contributed by atoms with Gasteiger partial charge in [0.25, 0.3) is 0 Å². The Hall–Kier alpha value is -1.10. The molecule has 0 saturated heterocycles. The number of amides is 1. The third-order valence-electron chi connectivity index (χ3n) is 3.46. The Balaban J connectivity index is 2.07. The molecule has 2 aliphatic rings. The zero-order valence-corrected chi connectivity index (χ0v) is 8.58. The molecule has 0 aliphatic heterocycles. The molecule has 5 heteroatoms. The quantitative estimate of drug-likeness (QED) is 0.613. The minimum atomic E-state index is -1.05. The van der Waals surface area contributed by atoms with E-state index in [2.05, 4.69) is 5.32 Å². The highest BCUT2D eigenvalue weighted by molar-refractivity contribution is 5.94. The van der Waals surface area contributed by atoms with E-state index in [1.54, 1.807) is 0 Å². The fourth-order valence-corrected chi connectivity index (χ4v) is 2.07. The summed E-state index contributed by atoms with van der Waals surface area (Å²) < 4.78 is 0. The molecule has 4 N–H and O–H groups in total. The highest BCUT2D eigenvalue weighted by Gasteiger charge is 2.51. The normalized spacial score (nSPS) is 25.9. The topological polar surface area (TPSA) is 92.4 Å². The van der Waals surface area contributed by atoms with E-state index < -0.39 is 17.0 Å². The van der Waals surface area contributed by atoms with E-state index in [4.69, 9.17) is 10.8 Å². The van der Waals surface area contributed by atoms with Crippen molar-refractivity contribution in [2.75, 3.05) is 0 Å². The van der Waals surface area contributed by atoms with E-state index in [1.165, 1.54) is 0 Å². The Morgan fingerprint density at radius 1 is 1.13 bits per heavy atom. The number of hydrogen-bond donors (Lipinski definition) is 3. The zero-order valence-electron chi connectivity index (χ0n) is 8.58. The van der Waals surface area contributed by atoms with Gasteiger partial charge in [0.05, 0.1) is 5.54 Å². The van der Waals surface area contributed by atoms with Crippen molar-refractivity contribution in [3.05, 3.63) is 0 Å². The van der Waals surface area contributed by atoms with E-state index in [1.807, 2.05) is 0 Å². The van der Waals surface area contributed by atoms with Gasteiger partial charge in [0.2, 0.25) is 5.91 Å². The summed E-state index contributed by atoms with van der Waals surface area (Å²) in [7, 11) is 0. The molecular formula is C10H16N2O3. The van der Waals surface area contributed by atoms with Gasteiger partial charge in [-0.3, -0.25) is 4.79 Å². The molecule has 0 aromatic heterocycles. The molecule has 15 heavy (non-hydrogen) atoms. The van der Waals surface area contributed by atoms with Gasteiger partial charge in [0.1, 0.15) is 5.54 Å². The standard InChI is InChI=1S/C10H16N2O3/c11-9(5-6-9)7(13)12-10(8(14)15)3-1-2-4-10/h1-6,11H2,(H,12,13)(H,14,15). The van der Waals surface area contributed by atoms with Gasteiger partial charge in [0, 0.05) is 0 Å². The smallest absolute Gasteiger partial charge is 0.329 e. The molecular weight excluding hydrogens is 196 g/mol. The van der Waals surface area contributed by atoms with Gasteiger partial charge >= 0.3 is 5.97 Å². The average Bonchev–Trinajstić information content (AvgIpc) is 2.77. The second-order valence-corrected chi connectivity index (χ2v) is 4.70. The van der Waals surface area contributed by atoms with Crippen LogP contribution >= 0.6 is 0 Å². The summed E-state index contributed by atoms with van der Waals surface area (Å²) >= 11 is 0. The summed E-state index contributed by atoms with van der Waals surface area (Å²) in [5.74, 6) is -1.23. The molecule has 1 amide bonds. The molecule has 2 rings (SSSR count). The first-order valence-corrected chi connectivity index (χ1v) is 5.33. The first-order valence-electron chi connectivity index (χ1n) is 5.33. The Morgan fingerprint density at radius 2 is 1.67 bits per heavy atom. The van der Waals surface area contributed by atoms with Crippen molar-refractivity contribution in [2.45, 2.75) is 49.6 Å². The largest absolute Gasteiger partial charge is 0.480 e. The highest BCUT2D eigenvalue weighted by Crippen LogP contribution is 2.35. The Bertz CT molecular complexity index is 304. The summed E-state index contributed by atoms with van der Waals surface area (Å²) in [6.07, 6.45) is 4.06. The fraction of sp³-hybridized carbons (Fsp3) is 0.800. The van der Waals surface area contributed by atoms with Crippen LogP contribution in [0.1, 0.15) is 38.5 Å². The van der Waals surface area contributed by atoms with Crippen LogP contribution in [-0.4, -0.2) is 28.1 Å². The SMILES string of the molecule is NC1(C(=O)NC2(C(=O)O)CCCC2)CC1. The fourth-order valence-electron chi connectivity index (χ4n) is 2.07. The molecule has 0 radical (unpaired) electrons. The number of nitrogens with two attached hydrogens (primary N) is 1. The van der Waals surface area contributed by atoms with Crippen LogP contribution in [0.5, 0.6) is 0 Å². The Labute approximate surface area is 88.0 Å². The molecule has 0 aromatic carbocycles. The van der Waals surface area contributed by atoms with Crippen molar-refractivity contribution in [3.8, 4) is 0 Å². The number of aliphatic carboxylic acids is 1. The van der Waals surface area contributed by atoms with Gasteiger partial charge in [-0.1, -0.05) is 12.8 Å². The predicted molar refractivity (Wildman–Crippen MR) is 53.1 cm³/mol. The van der Waals surface area contributed by atoms with Crippen molar-refractivity contribution in [1.82, 2.24) is 5.32 Å². The van der Waals surface area contributed by atoms with E-state index >= 15 is 0 Å². The second-order valence-electron chi connectivity index (χ2n) is 4.70. The van der Waals surface area contributed by atoms with Crippen LogP contribution in [0.25, 0.3) is 0 Å². The van der Waals surface area contributed by atoms with Crippen molar-refractivity contribution in [3.63, 3.8) is 0 Å². The van der Waals surface area contributed by atoms with Crippen LogP contribution in [0, 0.1) is 0 Å². The van der Waals surface area contributed by atoms with E-state index in [-0.39, 0.29) is 5.91 Å². The summed E-state index contributed by atoms with van der Waals surface area (Å²) in [5.41, 5.74) is 3.89. The first-order chi connectivity index (χ1) is 6.99. The van der Waals surface area contributed by atoms with Crippen molar-refractivity contribution >= 4 is 11.9 Å². The number of carboxylic acids is 1. The average molecular weight is 212 g/mol. The molecule has 84 valence electrons. The van der Waals surface area contributed by atoms with Gasteiger partial charge in [-0.25, -0.2) is 4.79 Å². The third kappa shape index (κ3) is 1.71. The number of carbonyl (C=O) groups is 2. The molecule has 2 aliphatic carbocycles. The molecule has 0 atom stereocenters. The summed E-state index contributed by atoms with van der Waals surface area (Å²) in [5, 5.41) is 11.8. The van der Waals surface area contributed by atoms with E-state index in [0.29, 0.717) is 25.7 Å². The maximum Gasteiger partial charge on any atom is 0.329 e. The monoisotopic (exact) mass is 212 g/mol. The molecule has 0 aromatic rings. The van der Waals surface area contributed by atoms with Gasteiger partial charge in [0.15, 0.2) is 0 Å². The minimum absolute atomic E-state index is 0.299. The lowest BCUT2D eigenvalue weighted by Crippen LogP contribution is -2.57. The molecule has 0 unspecified atom stereocenters. The number of nitrogens with one attached hydrogen (secondary N) is 1. The van der Waals surface area contributed by atoms with Gasteiger partial charge in [-0.05, 0) is 25.7 Å². The number of rotatable bonds is 3. The van der Waals surface area contributed by atoms with Crippen LogP contribution < -0.4 is 11.1 Å². The Kier molecular flexibility index (Phi) is 2.22. The maximum absolute atomic E-state index is 11.7. The minimum Gasteiger partial charge on any atom is -0.480 e. The van der Waals surface area contributed by atoms with E-state index in [9.17, 15) is 9.59 Å². The summed E-state index contributed by atoms with van der Waals surface area (Å²) in [6.45, 7) is 0. The highest BCUT2D eigenvalue weighted by atomic mass is 16.4. The van der Waals surface area contributed by atoms with Gasteiger partial charge in [-0.15, -0.1) is 0 Å². The van der Waals surface area contributed by atoms with Crippen molar-refractivity contribution in [1.29, 1.82) is 0 Å². The molecule has 5 nitrogen and oxygen atoms in total. The number of carboxylic acid groups (broad SMARTS) is 1. The van der Waals surface area contributed by atoms with Gasteiger partial charge < -0.3 is 16.2 Å². The van der Waals surface area contributed by atoms with Gasteiger partial charge in [-0.2, -0.15) is 0 Å². The Morgan fingerprint density at radius 3 is 2.07 bits per heavy atom. The van der Waals surface area contributed by atoms with E-state index in [0.717, 1.165) is 12.8 Å². The first kappa shape index (κ1) is 10.4. The molecule has 0 bridgehead atoms. The number of carbonyl (C=O) groups excluding carboxylic acids is 1. The third-order valence-corrected chi connectivity index (χ3v) is 3.46. The lowest BCUT2D eigenvalue weighted by molar-refractivity contribution is -0.147. The predicted octanol–water partition coefficient (Wildman–Crippen LogP) is -0.00870. The second kappa shape index (κ2) is 3.20. The zero-order chi connectivity index (χ0) is 11.1. The van der Waals surface area contributed by atoms with Crippen LogP contribution in [-0.2, 0) is 9.59 Å². The molecule has 0 heterocycles. The van der Waals surface area contributed by atoms with Crippen LogP contribution in [0.4, 0.5) is 0 Å². The van der Waals surface area contributed by atoms with Crippen molar-refractivity contribution in [2.24, 2.45) is 5.73 Å².